The van der Waals surface area contributed by atoms with E-state index in [1.54, 1.807) is 6.07 Å². The van der Waals surface area contributed by atoms with Gasteiger partial charge in [0.15, 0.2) is 0 Å². The first-order valence-electron chi connectivity index (χ1n) is 6.99. The fraction of sp³-hybridized carbons (Fsp3) is 0.105. The van der Waals surface area contributed by atoms with E-state index in [1.165, 1.54) is 0 Å². The Kier molecular flexibility index (Phi) is 3.44. The van der Waals surface area contributed by atoms with Gasteiger partial charge in [-0.2, -0.15) is 0 Å². The van der Waals surface area contributed by atoms with Gasteiger partial charge in [0.2, 0.25) is 0 Å². The first-order chi connectivity index (χ1) is 10.2. The number of nitrogens with zero attached hydrogens (tertiary/aromatic N) is 1. The van der Waals surface area contributed by atoms with Crippen LogP contribution in [0.25, 0.3) is 22.5 Å². The monoisotopic (exact) mass is 275 g/mol. The van der Waals surface area contributed by atoms with Crippen molar-refractivity contribution in [3.63, 3.8) is 0 Å². The van der Waals surface area contributed by atoms with Gasteiger partial charge in [-0.05, 0) is 37.1 Å². The number of rotatable bonds is 2. The van der Waals surface area contributed by atoms with Crippen LogP contribution in [0.3, 0.4) is 0 Å². The molecule has 1 aromatic heterocycles. The highest BCUT2D eigenvalue weighted by molar-refractivity contribution is 5.74. The van der Waals surface area contributed by atoms with Crippen LogP contribution in [-0.4, -0.2) is 10.1 Å². The van der Waals surface area contributed by atoms with Gasteiger partial charge in [-0.25, -0.2) is 4.98 Å². The molecule has 0 bridgehead atoms. The lowest BCUT2D eigenvalue weighted by Gasteiger charge is -2.12. The smallest absolute Gasteiger partial charge is 0.124 e. The summed E-state index contributed by atoms with van der Waals surface area (Å²) in [4.78, 5) is 4.81. The molecule has 3 aromatic rings. The summed E-state index contributed by atoms with van der Waals surface area (Å²) in [6, 6.07) is 19.6. The molecule has 0 saturated heterocycles. The van der Waals surface area contributed by atoms with Gasteiger partial charge in [0.05, 0.1) is 11.4 Å². The van der Waals surface area contributed by atoms with E-state index in [2.05, 4.69) is 25.1 Å². The minimum atomic E-state index is 0.260. The number of aromatic hydroxyl groups is 1. The van der Waals surface area contributed by atoms with E-state index in [1.807, 2.05) is 43.3 Å². The highest BCUT2D eigenvalue weighted by Gasteiger charge is 2.12. The van der Waals surface area contributed by atoms with Crippen molar-refractivity contribution in [2.24, 2.45) is 0 Å². The van der Waals surface area contributed by atoms with Gasteiger partial charge >= 0.3 is 0 Å². The zero-order valence-corrected chi connectivity index (χ0v) is 12.2. The van der Waals surface area contributed by atoms with E-state index in [-0.39, 0.29) is 5.75 Å². The van der Waals surface area contributed by atoms with Crippen LogP contribution in [0.4, 0.5) is 0 Å². The third kappa shape index (κ3) is 2.52. The summed E-state index contributed by atoms with van der Waals surface area (Å²) in [6.07, 6.45) is 0. The Morgan fingerprint density at radius 1 is 0.762 bits per heavy atom. The standard InChI is InChI=1S/C19H17NO/c1-13-12-14(2)19(16-10-6-7-11-17(16)21)20-18(13)15-8-4-3-5-9-15/h3-12,21H,1-2H3. The fourth-order valence-electron chi connectivity index (χ4n) is 2.58. The number of benzene rings is 2. The van der Waals surface area contributed by atoms with Crippen molar-refractivity contribution in [1.82, 2.24) is 4.98 Å². The normalized spacial score (nSPS) is 10.6. The molecule has 0 unspecified atom stereocenters. The number of phenolic OH excluding ortho intramolecular Hbond substituents is 1. The van der Waals surface area contributed by atoms with Crippen molar-refractivity contribution in [2.75, 3.05) is 0 Å². The van der Waals surface area contributed by atoms with Crippen LogP contribution in [0.5, 0.6) is 5.75 Å². The van der Waals surface area contributed by atoms with Gasteiger partial charge in [0, 0.05) is 11.1 Å². The number of phenols is 1. The second-order valence-corrected chi connectivity index (χ2v) is 5.20. The van der Waals surface area contributed by atoms with E-state index in [0.29, 0.717) is 0 Å². The molecule has 21 heavy (non-hydrogen) atoms. The summed E-state index contributed by atoms with van der Waals surface area (Å²) in [7, 11) is 0. The first kappa shape index (κ1) is 13.4. The maximum Gasteiger partial charge on any atom is 0.124 e. The zero-order chi connectivity index (χ0) is 14.8. The largest absolute Gasteiger partial charge is 0.507 e. The molecule has 1 heterocycles. The molecule has 2 aromatic carbocycles. The summed E-state index contributed by atoms with van der Waals surface area (Å²) in [6.45, 7) is 4.09. The zero-order valence-electron chi connectivity index (χ0n) is 12.2. The molecule has 2 nitrogen and oxygen atoms in total. The quantitative estimate of drug-likeness (QED) is 0.733. The van der Waals surface area contributed by atoms with E-state index >= 15 is 0 Å². The van der Waals surface area contributed by atoms with Crippen molar-refractivity contribution in [3.05, 3.63) is 71.8 Å². The molecule has 2 heteroatoms. The number of hydrogen-bond donors (Lipinski definition) is 1. The van der Waals surface area contributed by atoms with Gasteiger partial charge < -0.3 is 5.11 Å². The minimum absolute atomic E-state index is 0.260. The SMILES string of the molecule is Cc1cc(C)c(-c2ccccc2O)nc1-c1ccccc1. The molecule has 0 radical (unpaired) electrons. The minimum Gasteiger partial charge on any atom is -0.507 e. The molecular weight excluding hydrogens is 258 g/mol. The highest BCUT2D eigenvalue weighted by atomic mass is 16.3. The molecule has 0 aliphatic heterocycles. The topological polar surface area (TPSA) is 33.1 Å². The molecule has 1 N–H and O–H groups in total. The van der Waals surface area contributed by atoms with Crippen LogP contribution in [0.1, 0.15) is 11.1 Å². The van der Waals surface area contributed by atoms with Crippen LogP contribution in [-0.2, 0) is 0 Å². The van der Waals surface area contributed by atoms with Crippen molar-refractivity contribution < 1.29 is 5.11 Å². The molecule has 3 rings (SSSR count). The Bertz CT molecular complexity index is 779. The summed E-state index contributed by atoms with van der Waals surface area (Å²) >= 11 is 0. The van der Waals surface area contributed by atoms with E-state index in [0.717, 1.165) is 33.6 Å². The van der Waals surface area contributed by atoms with Crippen LogP contribution in [0.15, 0.2) is 60.7 Å². The number of aryl methyl sites for hydroxylation is 2. The average molecular weight is 275 g/mol. The lowest BCUT2D eigenvalue weighted by atomic mass is 10.00. The van der Waals surface area contributed by atoms with Crippen molar-refractivity contribution >= 4 is 0 Å². The molecule has 0 amide bonds. The number of pyridine rings is 1. The van der Waals surface area contributed by atoms with E-state index < -0.39 is 0 Å². The summed E-state index contributed by atoms with van der Waals surface area (Å²) in [5.41, 5.74) is 5.85. The van der Waals surface area contributed by atoms with Crippen LogP contribution < -0.4 is 0 Å². The summed E-state index contributed by atoms with van der Waals surface area (Å²) in [5.74, 6) is 0.260. The Labute approximate surface area is 124 Å². The Morgan fingerprint density at radius 2 is 1.38 bits per heavy atom. The lowest BCUT2D eigenvalue weighted by Crippen LogP contribution is -1.95. The average Bonchev–Trinajstić information content (AvgIpc) is 2.49. The molecule has 0 spiro atoms. The molecule has 0 fully saturated rings. The number of para-hydroxylation sites is 1. The number of aromatic nitrogens is 1. The van der Waals surface area contributed by atoms with Gasteiger partial charge in [0.25, 0.3) is 0 Å². The Morgan fingerprint density at radius 3 is 2.10 bits per heavy atom. The first-order valence-corrected chi connectivity index (χ1v) is 6.99. The maximum absolute atomic E-state index is 10.1. The second kappa shape index (κ2) is 5.41. The third-order valence-electron chi connectivity index (χ3n) is 3.61. The van der Waals surface area contributed by atoms with Gasteiger partial charge in [0.1, 0.15) is 5.75 Å². The lowest BCUT2D eigenvalue weighted by molar-refractivity contribution is 0.477. The van der Waals surface area contributed by atoms with Crippen molar-refractivity contribution in [2.45, 2.75) is 13.8 Å². The predicted octanol–water partition coefficient (Wildman–Crippen LogP) is 4.74. The molecule has 0 aliphatic rings. The van der Waals surface area contributed by atoms with Crippen molar-refractivity contribution in [1.29, 1.82) is 0 Å². The highest BCUT2D eigenvalue weighted by Crippen LogP contribution is 2.33. The van der Waals surface area contributed by atoms with E-state index in [4.69, 9.17) is 4.98 Å². The second-order valence-electron chi connectivity index (χ2n) is 5.20. The van der Waals surface area contributed by atoms with Gasteiger partial charge in [-0.15, -0.1) is 0 Å². The maximum atomic E-state index is 10.1. The van der Waals surface area contributed by atoms with Crippen LogP contribution in [0.2, 0.25) is 0 Å². The van der Waals surface area contributed by atoms with Crippen LogP contribution >= 0.6 is 0 Å². The predicted molar refractivity (Wildman–Crippen MR) is 86.2 cm³/mol. The van der Waals surface area contributed by atoms with Crippen LogP contribution in [0, 0.1) is 13.8 Å². The molecule has 0 saturated carbocycles. The summed E-state index contributed by atoms with van der Waals surface area (Å²) < 4.78 is 0. The fourth-order valence-corrected chi connectivity index (χ4v) is 2.58. The number of hydrogen-bond acceptors (Lipinski definition) is 2. The molecule has 104 valence electrons. The Balaban J connectivity index is 2.22. The van der Waals surface area contributed by atoms with Crippen molar-refractivity contribution in [3.8, 4) is 28.3 Å². The van der Waals surface area contributed by atoms with E-state index in [9.17, 15) is 5.11 Å². The van der Waals surface area contributed by atoms with Gasteiger partial charge in [-0.1, -0.05) is 48.5 Å². The third-order valence-corrected chi connectivity index (χ3v) is 3.61. The molecular formula is C19H17NO. The molecule has 0 atom stereocenters. The Hall–Kier alpha value is -2.61. The van der Waals surface area contributed by atoms with Gasteiger partial charge in [-0.3, -0.25) is 0 Å². The summed E-state index contributed by atoms with van der Waals surface area (Å²) in [5, 5.41) is 10.1. The molecule has 0 aliphatic carbocycles.